The number of anilines is 1. The summed E-state index contributed by atoms with van der Waals surface area (Å²) in [7, 11) is 0. The summed E-state index contributed by atoms with van der Waals surface area (Å²) < 4.78 is 16.7. The number of halogens is 1. The number of fused-ring (bicyclic) bond motifs is 1. The van der Waals surface area contributed by atoms with Crippen molar-refractivity contribution in [2.45, 2.75) is 30.4 Å². The highest BCUT2D eigenvalue weighted by atomic mass is 32.2. The summed E-state index contributed by atoms with van der Waals surface area (Å²) in [5, 5.41) is 25.0. The number of thioether (sulfide) groups is 1. The summed E-state index contributed by atoms with van der Waals surface area (Å²) in [6, 6.07) is -1.09. The van der Waals surface area contributed by atoms with Crippen molar-refractivity contribution in [1.82, 2.24) is 19.6 Å². The number of primary amides is 1. The van der Waals surface area contributed by atoms with Crippen molar-refractivity contribution in [3.8, 4) is 0 Å². The molecule has 7 N–H and O–H groups in total. The molecule has 0 unspecified atom stereocenters. The van der Waals surface area contributed by atoms with Crippen LogP contribution in [0.5, 0.6) is 0 Å². The molecule has 0 aliphatic carbocycles. The van der Waals surface area contributed by atoms with Crippen LogP contribution < -0.4 is 16.8 Å². The Morgan fingerprint density at radius 1 is 1.32 bits per heavy atom. The zero-order valence-electron chi connectivity index (χ0n) is 21.1. The first-order valence-electron chi connectivity index (χ1n) is 12.1. The van der Waals surface area contributed by atoms with E-state index in [1.54, 1.807) is 12.2 Å². The number of aromatic nitrogens is 2. The molecule has 0 spiro atoms. The molecule has 2 saturated heterocycles. The number of aliphatic carboxylic acids is 1. The van der Waals surface area contributed by atoms with Crippen LogP contribution in [0, 0.1) is 0 Å². The van der Waals surface area contributed by atoms with E-state index in [0.717, 1.165) is 16.4 Å². The summed E-state index contributed by atoms with van der Waals surface area (Å²) in [6.45, 7) is 0.262. The number of carboxylic acids is 1. The predicted octanol–water partition coefficient (Wildman–Crippen LogP) is -1.48. The molecule has 2 fully saturated rings. The summed E-state index contributed by atoms with van der Waals surface area (Å²) in [4.78, 5) is 59.0. The first-order chi connectivity index (χ1) is 19.0. The molecule has 0 radical (unpaired) electrons. The lowest BCUT2D eigenvalue weighted by Gasteiger charge is -2.49. The third kappa shape index (κ3) is 6.24. The topological polar surface area (TPSA) is 223 Å². The minimum absolute atomic E-state index is 0.0294. The lowest BCUT2D eigenvalue weighted by Crippen LogP contribution is -2.71. The van der Waals surface area contributed by atoms with Crippen LogP contribution >= 0.6 is 23.3 Å². The lowest BCUT2D eigenvalue weighted by molar-refractivity contribution is -0.920. The fraction of sp³-hybridized carbons (Fsp3) is 0.500. The number of piperidine rings is 1. The fourth-order valence-electron chi connectivity index (χ4n) is 4.84. The van der Waals surface area contributed by atoms with Crippen LogP contribution in [0.2, 0.25) is 0 Å². The zero-order chi connectivity index (χ0) is 29.0. The second kappa shape index (κ2) is 12.3. The molecular formula is C22H28FN8O7S2+. The van der Waals surface area contributed by atoms with Gasteiger partial charge in [-0.3, -0.25) is 19.3 Å². The molecule has 4 rings (SSSR count). The first-order valence-corrected chi connectivity index (χ1v) is 13.9. The third-order valence-corrected chi connectivity index (χ3v) is 8.58. The molecule has 0 bridgehead atoms. The van der Waals surface area contributed by atoms with Gasteiger partial charge >= 0.3 is 5.97 Å². The standard InChI is InChI=1S/C22H27FN8O7S2/c23-10-38-28-14(17-27-22(25)40-29-17)18(34)26-15-19(35)30-16(21(36)37)11(9-39-20(15)30)2-1-5-31(8-13(24)33)6-3-12(32)4-7-31/h1-2,12,15,20,32H,3-10H2,(H5-,24,25,26,27,29,33,34,36,37)/p+1/b2-1+,28-14-/t12?,15-,20-,31?/m1/s1. The van der Waals surface area contributed by atoms with Gasteiger partial charge in [0, 0.05) is 30.1 Å². The maximum Gasteiger partial charge on any atom is 0.352 e. The van der Waals surface area contributed by atoms with Crippen molar-refractivity contribution in [1.29, 1.82) is 0 Å². The summed E-state index contributed by atoms with van der Waals surface area (Å²) in [6.07, 6.45) is 3.99. The second-order valence-corrected chi connectivity index (χ2v) is 11.3. The van der Waals surface area contributed by atoms with Gasteiger partial charge in [0.1, 0.15) is 17.1 Å². The van der Waals surface area contributed by atoms with E-state index in [0.29, 0.717) is 42.5 Å². The van der Waals surface area contributed by atoms with Crippen LogP contribution in [0.3, 0.4) is 0 Å². The number of likely N-dealkylation sites (tertiary alicyclic amines) is 1. The summed E-state index contributed by atoms with van der Waals surface area (Å²) >= 11 is 2.02. The largest absolute Gasteiger partial charge is 0.477 e. The number of carbonyl (C=O) groups is 4. The van der Waals surface area contributed by atoms with Crippen molar-refractivity contribution in [2.24, 2.45) is 10.9 Å². The second-order valence-electron chi connectivity index (χ2n) is 9.40. The van der Waals surface area contributed by atoms with Crippen LogP contribution in [0.4, 0.5) is 9.52 Å². The molecule has 40 heavy (non-hydrogen) atoms. The quantitative estimate of drug-likeness (QED) is 0.0853. The van der Waals surface area contributed by atoms with Crippen LogP contribution in [0.1, 0.15) is 18.7 Å². The Morgan fingerprint density at radius 2 is 2.05 bits per heavy atom. The number of β-lactam (4-membered cyclic amide) rings is 1. The number of amides is 3. The third-order valence-electron chi connectivity index (χ3n) is 6.74. The van der Waals surface area contributed by atoms with E-state index in [4.69, 9.17) is 11.5 Å². The Hall–Kier alpha value is -3.61. The number of oxime groups is 1. The van der Waals surface area contributed by atoms with Crippen molar-refractivity contribution in [3.63, 3.8) is 0 Å². The summed E-state index contributed by atoms with van der Waals surface area (Å²) in [5.41, 5.74) is 10.7. The number of hydrogen-bond acceptors (Lipinski definition) is 12. The molecule has 4 heterocycles. The van der Waals surface area contributed by atoms with Gasteiger partial charge in [0.2, 0.25) is 11.5 Å². The number of nitrogens with one attached hydrogen (secondary N) is 1. The minimum Gasteiger partial charge on any atom is -0.477 e. The van der Waals surface area contributed by atoms with E-state index >= 15 is 0 Å². The highest BCUT2D eigenvalue weighted by Crippen LogP contribution is 2.40. The van der Waals surface area contributed by atoms with Gasteiger partial charge in [-0.2, -0.15) is 9.36 Å². The Morgan fingerprint density at radius 3 is 2.65 bits per heavy atom. The molecule has 3 aliphatic rings. The van der Waals surface area contributed by atoms with Crippen molar-refractivity contribution >= 4 is 57.8 Å². The Balaban J connectivity index is 1.48. The van der Waals surface area contributed by atoms with Gasteiger partial charge < -0.3 is 36.3 Å². The van der Waals surface area contributed by atoms with Crippen molar-refractivity contribution in [3.05, 3.63) is 29.2 Å². The molecule has 3 amide bonds. The SMILES string of the molecule is NC(=O)C[N+]1(C/C=C/C2=C(C(=O)O)N3C(=O)[C@@H](NC(=O)/C(=N\OCF)c4nsc(N)n4)[C@H]3SC2)CCC(O)CC1. The number of nitrogen functional groups attached to an aromatic ring is 1. The number of carboxylic acid groups (broad SMARTS) is 1. The normalized spacial score (nSPS) is 26.9. The molecular weight excluding hydrogens is 571 g/mol. The highest BCUT2D eigenvalue weighted by molar-refractivity contribution is 8.00. The van der Waals surface area contributed by atoms with Crippen molar-refractivity contribution < 1.29 is 43.1 Å². The Bertz CT molecular complexity index is 1280. The van der Waals surface area contributed by atoms with E-state index in [1.807, 2.05) is 0 Å². The van der Waals surface area contributed by atoms with Crippen LogP contribution in [-0.2, 0) is 24.0 Å². The number of nitrogens with zero attached hydrogens (tertiary/aromatic N) is 5. The summed E-state index contributed by atoms with van der Waals surface area (Å²) in [5.74, 6) is -3.36. The van der Waals surface area contributed by atoms with E-state index < -0.39 is 53.8 Å². The molecule has 1 aromatic rings. The number of allylic oxidation sites excluding steroid dienone is 1. The van der Waals surface area contributed by atoms with Gasteiger partial charge in [0.25, 0.3) is 24.6 Å². The molecule has 1 aromatic heterocycles. The minimum atomic E-state index is -1.32. The van der Waals surface area contributed by atoms with Crippen LogP contribution in [0.25, 0.3) is 0 Å². The van der Waals surface area contributed by atoms with Crippen molar-refractivity contribution in [2.75, 3.05) is 44.5 Å². The van der Waals surface area contributed by atoms with E-state index in [1.165, 1.54) is 11.8 Å². The predicted molar refractivity (Wildman–Crippen MR) is 141 cm³/mol. The van der Waals surface area contributed by atoms with Gasteiger partial charge in [-0.25, -0.2) is 9.18 Å². The van der Waals surface area contributed by atoms with Gasteiger partial charge in [-0.15, -0.1) is 11.8 Å². The fourth-order valence-corrected chi connectivity index (χ4v) is 6.59. The smallest absolute Gasteiger partial charge is 0.352 e. The van der Waals surface area contributed by atoms with Gasteiger partial charge in [-0.1, -0.05) is 11.2 Å². The van der Waals surface area contributed by atoms with E-state index in [2.05, 4.69) is 24.7 Å². The highest BCUT2D eigenvalue weighted by Gasteiger charge is 2.54. The molecule has 216 valence electrons. The van der Waals surface area contributed by atoms with E-state index in [9.17, 15) is 33.8 Å². The number of carbonyl (C=O) groups excluding carboxylic acids is 3. The molecule has 3 aliphatic heterocycles. The number of rotatable bonds is 11. The Labute approximate surface area is 235 Å². The number of aliphatic hydroxyl groups excluding tert-OH is 1. The monoisotopic (exact) mass is 599 g/mol. The van der Waals surface area contributed by atoms with Crippen LogP contribution in [0.15, 0.2) is 28.6 Å². The maximum absolute atomic E-state index is 13.0. The number of alkyl halides is 1. The van der Waals surface area contributed by atoms with Gasteiger partial charge in [-0.05, 0) is 11.6 Å². The molecule has 15 nitrogen and oxygen atoms in total. The molecule has 0 saturated carbocycles. The Kier molecular flexibility index (Phi) is 9.02. The molecule has 0 aromatic carbocycles. The maximum atomic E-state index is 13.0. The number of nitrogens with two attached hydrogens (primary N) is 2. The van der Waals surface area contributed by atoms with Gasteiger partial charge in [0.15, 0.2) is 11.7 Å². The number of aliphatic hydroxyl groups is 1. The molecule has 2 atom stereocenters. The first kappa shape index (κ1) is 29.4. The zero-order valence-corrected chi connectivity index (χ0v) is 22.7. The molecule has 18 heteroatoms. The number of quaternary nitrogens is 1. The van der Waals surface area contributed by atoms with Crippen LogP contribution in [-0.4, -0.2) is 115 Å². The van der Waals surface area contributed by atoms with Gasteiger partial charge in [0.05, 0.1) is 25.7 Å². The average molecular weight is 600 g/mol. The average Bonchev–Trinajstić information content (AvgIpc) is 3.34. The van der Waals surface area contributed by atoms with E-state index in [-0.39, 0.29) is 29.0 Å². The lowest BCUT2D eigenvalue weighted by atomic mass is 10.0. The number of hydrogen-bond donors (Lipinski definition) is 5.